The molecule has 4 bridgehead atoms. The number of halogens is 2. The molecule has 8 aliphatic rings. The molecule has 11 heterocycles. The lowest BCUT2D eigenvalue weighted by atomic mass is 9.83. The van der Waals surface area contributed by atoms with E-state index >= 15 is 0 Å². The van der Waals surface area contributed by atoms with E-state index in [-0.39, 0.29) is 71.1 Å². The molecule has 7 unspecified atom stereocenters. The maximum Gasteiger partial charge on any atom is 0.323 e. The Hall–Kier alpha value is -12.2. The van der Waals surface area contributed by atoms with Gasteiger partial charge in [-0.05, 0) is 271 Å². The molecule has 1 saturated carbocycles. The van der Waals surface area contributed by atoms with E-state index in [4.69, 9.17) is 32.7 Å². The van der Waals surface area contributed by atoms with Gasteiger partial charge in [-0.25, -0.2) is 19.2 Å². The second kappa shape index (κ2) is 41.3. The summed E-state index contributed by atoms with van der Waals surface area (Å²) in [6, 6.07) is 55.5. The fraction of sp³-hybridized carbons (Fsp3) is 0.347. The number of carbonyl (C=O) groups excluding carboxylic acids is 6. The van der Waals surface area contributed by atoms with Crippen LogP contribution in [-0.4, -0.2) is 126 Å². The van der Waals surface area contributed by atoms with Crippen molar-refractivity contribution < 1.29 is 38.2 Å². The van der Waals surface area contributed by atoms with Crippen molar-refractivity contribution in [2.24, 2.45) is 11.8 Å². The number of benzene rings is 6. The smallest absolute Gasteiger partial charge is 0.323 e. The predicted molar refractivity (Wildman–Crippen MR) is 510 cm³/mol. The van der Waals surface area contributed by atoms with Crippen molar-refractivity contribution >= 4 is 127 Å². The lowest BCUT2D eigenvalue weighted by Crippen LogP contribution is -2.47. The minimum atomic E-state index is -0.422. The monoisotopic (exact) mass is 1800 g/mol. The lowest BCUT2D eigenvalue weighted by molar-refractivity contribution is 0.0857. The number of carbonyl (C=O) groups is 6. The number of thiophene rings is 2. The highest BCUT2D eigenvalue weighted by atomic mass is 35.5. The minimum Gasteiger partial charge on any atom is -0.497 e. The summed E-state index contributed by atoms with van der Waals surface area (Å²) >= 11 is 15.6. The fourth-order valence-corrected chi connectivity index (χ4v) is 21.3. The summed E-state index contributed by atoms with van der Waals surface area (Å²) < 4.78 is 16.8. The Bertz CT molecular complexity index is 5900. The number of likely N-dealkylation sites (N-methyl/N-ethyl adjacent to an activating group) is 1. The van der Waals surface area contributed by atoms with Gasteiger partial charge in [-0.2, -0.15) is 0 Å². The average Bonchev–Trinajstić information content (AvgIpc) is 1.02. The van der Waals surface area contributed by atoms with Crippen LogP contribution in [0, 0.1) is 11.8 Å². The van der Waals surface area contributed by atoms with Gasteiger partial charge in [0.1, 0.15) is 10.8 Å². The Balaban J connectivity index is 0.000000128. The average molecular weight is 1810 g/mol. The summed E-state index contributed by atoms with van der Waals surface area (Å²) in [6.07, 6.45) is 15.9. The molecule has 6 aliphatic heterocycles. The van der Waals surface area contributed by atoms with Gasteiger partial charge in [0.15, 0.2) is 0 Å². The topological polar surface area (TPSA) is 300 Å². The van der Waals surface area contributed by atoms with E-state index in [2.05, 4.69) is 111 Å². The molecule has 5 aromatic heterocycles. The standard InChI is InChI=1S/C30H32ClN5O4.C28H28ClN5O3.C22H25N3O2S.C18H23N3OS/c31-22-7-9-23(10-8-22)33-30(39)34-25-14-20(29(38)32-15-24-3-2-12-40-24)6-11-27(25)35-16-19-13-21(18-35)26-4-1-5-28(37)36(26)17-19;29-20-5-7-22(8-6-20)31-28(37)32-23-13-18(27(36)30-21-9-10-21)4-11-25(23)33-14-17-12-19(16-33)24-2-1-3-26(35)34(24)15-17;1-15(23-22(26)24-16-9-11-17(27-2)12-10-16)20-18-7-3-4-8-19(18)28-21(20)25-13-5-6-14-25;1-3-21-10-9-15-16(12-23-17(15)11-21)13(2)19-18(22)20-14-7-5-4-6-8-14/h1,4-11,14,19,21,24H,2-3,12-13,15-18H2,(H,32,38)(H2,33,34,39);1-8,11,13,17,19,21H,9-10,12,14-16H2,(H,30,36)(H2,31,32,37);5-6,9-15H,3-4,7-8H2,1-2H3,(H2,23,24,26);4-8,12-13H,3,9-11H2,1-2H3,(H2,19,20,22). The van der Waals surface area contributed by atoms with Gasteiger partial charge in [0, 0.05) is 179 Å². The van der Waals surface area contributed by atoms with E-state index < -0.39 is 12.1 Å². The molecular weight excluding hydrogens is 1700 g/mol. The molecule has 10 amide bonds. The van der Waals surface area contributed by atoms with Crippen LogP contribution in [-0.2, 0) is 43.6 Å². The Morgan fingerprint density at radius 2 is 1.07 bits per heavy atom. The van der Waals surface area contributed by atoms with Gasteiger partial charge in [0.2, 0.25) is 0 Å². The Morgan fingerprint density at radius 3 is 1.62 bits per heavy atom. The summed E-state index contributed by atoms with van der Waals surface area (Å²) in [5.74, 6) is 1.45. The highest BCUT2D eigenvalue weighted by Gasteiger charge is 2.39. The first-order valence-electron chi connectivity index (χ1n) is 44.2. The van der Waals surface area contributed by atoms with Crippen LogP contribution in [0.5, 0.6) is 5.75 Å². The number of rotatable bonds is 20. The van der Waals surface area contributed by atoms with Gasteiger partial charge < -0.3 is 86.1 Å². The van der Waals surface area contributed by atoms with Crippen molar-refractivity contribution in [3.05, 3.63) is 291 Å². The quantitative estimate of drug-likeness (QED) is 0.0340. The second-order valence-electron chi connectivity index (χ2n) is 33.9. The maximum absolute atomic E-state index is 13.1. The minimum absolute atomic E-state index is 0.0203. The summed E-state index contributed by atoms with van der Waals surface area (Å²) in [7, 11) is 1.63. The predicted octanol–water partition coefficient (Wildman–Crippen LogP) is 18.7. The molecule has 0 radical (unpaired) electrons. The molecule has 7 atom stereocenters. The Kier molecular flexibility index (Phi) is 28.8. The third kappa shape index (κ3) is 22.3. The molecule has 30 heteroatoms. The van der Waals surface area contributed by atoms with Crippen LogP contribution in [0.4, 0.5) is 64.7 Å². The van der Waals surface area contributed by atoms with Crippen LogP contribution in [0.3, 0.4) is 0 Å². The zero-order valence-electron chi connectivity index (χ0n) is 72.1. The largest absolute Gasteiger partial charge is 0.497 e. The van der Waals surface area contributed by atoms with Crippen molar-refractivity contribution in [3.8, 4) is 10.8 Å². The van der Waals surface area contributed by atoms with Crippen molar-refractivity contribution in [3.63, 3.8) is 0 Å². The van der Waals surface area contributed by atoms with E-state index in [0.29, 0.717) is 81.9 Å². The van der Waals surface area contributed by atoms with Crippen LogP contribution >= 0.6 is 45.9 Å². The SMILES string of the molecule is CCN1CCc2c(C(C)NC(=O)Nc3ccccc3)csc2C1.COc1ccc(NC(=O)NC(C)c2c(-n3cccc3)sc3c2CCCC3)cc1.O=C(Nc1ccc(Cl)cc1)Nc1cc(C(=O)NC2CC2)ccc1N1CC2CC(C1)c1cccc(=O)n1C2.O=C(Nc1ccc(Cl)cc1)Nc1cc(C(=O)NCC2CCCO2)ccc1N1CC2CC(C1)c1cccc(=O)n1C2. The number of piperidine rings is 2. The van der Waals surface area contributed by atoms with E-state index in [1.54, 1.807) is 86.0 Å². The van der Waals surface area contributed by atoms with E-state index in [0.717, 1.165) is 144 Å². The number of hydrogen-bond donors (Lipinski definition) is 10. The zero-order valence-corrected chi connectivity index (χ0v) is 75.3. The third-order valence-corrected chi connectivity index (χ3v) is 27.7. The fourth-order valence-electron chi connectivity index (χ4n) is 18.3. The number of nitrogens with one attached hydrogen (secondary N) is 10. The van der Waals surface area contributed by atoms with Crippen LogP contribution in [0.25, 0.3) is 5.00 Å². The molecule has 0 spiro atoms. The van der Waals surface area contributed by atoms with Crippen LogP contribution in [0.15, 0.2) is 215 Å². The van der Waals surface area contributed by atoms with E-state index in [1.807, 2.05) is 141 Å². The summed E-state index contributed by atoms with van der Waals surface area (Å²) in [5.41, 5.74) is 14.1. The van der Waals surface area contributed by atoms with Crippen molar-refractivity contribution in [2.45, 2.75) is 147 Å². The van der Waals surface area contributed by atoms with Crippen molar-refractivity contribution in [1.82, 2.24) is 39.9 Å². The number of pyridine rings is 2. The highest BCUT2D eigenvalue weighted by Crippen LogP contribution is 2.44. The first-order valence-corrected chi connectivity index (χ1v) is 46.6. The second-order valence-corrected chi connectivity index (χ2v) is 36.8. The first-order chi connectivity index (χ1) is 62.2. The van der Waals surface area contributed by atoms with Gasteiger partial charge in [-0.1, -0.05) is 60.5 Å². The molecule has 19 rings (SSSR count). The first kappa shape index (κ1) is 89.2. The molecule has 11 aromatic rings. The van der Waals surface area contributed by atoms with Gasteiger partial charge in [-0.3, -0.25) is 24.1 Å². The third-order valence-electron chi connectivity index (χ3n) is 24.8. The molecule has 3 saturated heterocycles. The van der Waals surface area contributed by atoms with Gasteiger partial charge in [0.25, 0.3) is 22.9 Å². The zero-order chi connectivity index (χ0) is 88.9. The number of methoxy groups -OCH3 is 1. The number of fused-ring (bicyclic) bond motifs is 10. The van der Waals surface area contributed by atoms with Gasteiger partial charge in [0.05, 0.1) is 48.0 Å². The number of para-hydroxylation sites is 1. The summed E-state index contributed by atoms with van der Waals surface area (Å²) in [6.45, 7) is 15.0. The van der Waals surface area contributed by atoms with Crippen molar-refractivity contribution in [1.29, 1.82) is 0 Å². The van der Waals surface area contributed by atoms with E-state index in [1.165, 1.54) is 49.9 Å². The molecule has 26 nitrogen and oxygen atoms in total. The number of anilines is 8. The van der Waals surface area contributed by atoms with Crippen molar-refractivity contribution in [2.75, 3.05) is 101 Å². The van der Waals surface area contributed by atoms with Gasteiger partial charge >= 0.3 is 24.1 Å². The Morgan fingerprint density at radius 1 is 0.531 bits per heavy atom. The number of urea groups is 4. The molecule has 4 fully saturated rings. The highest BCUT2D eigenvalue weighted by molar-refractivity contribution is 7.15. The normalized spacial score (nSPS) is 18.4. The van der Waals surface area contributed by atoms with Crippen LogP contribution in [0.1, 0.15) is 160 Å². The molecule has 6 aromatic carbocycles. The number of hydrogen-bond acceptors (Lipinski definition) is 15. The number of nitrogens with zero attached hydrogens (tertiary/aromatic N) is 6. The number of ether oxygens (including phenoxy) is 2. The van der Waals surface area contributed by atoms with Crippen LogP contribution in [0.2, 0.25) is 10.0 Å². The molecule has 10 N–H and O–H groups in total. The number of amides is 10. The van der Waals surface area contributed by atoms with Crippen LogP contribution < -0.4 is 78.8 Å². The Labute approximate surface area is 762 Å². The van der Waals surface area contributed by atoms with Gasteiger partial charge in [-0.15, -0.1) is 22.7 Å². The maximum atomic E-state index is 13.1. The molecule has 2 aliphatic carbocycles. The summed E-state index contributed by atoms with van der Waals surface area (Å²) in [4.78, 5) is 111. The lowest BCUT2D eigenvalue weighted by Gasteiger charge is -2.44. The number of aromatic nitrogens is 3. The molecular formula is C98H108Cl2N16O10S2. The molecule has 666 valence electrons. The van der Waals surface area contributed by atoms with E-state index in [9.17, 15) is 38.4 Å². The summed E-state index contributed by atoms with van der Waals surface area (Å²) in [5, 5.41) is 34.1. The molecule has 128 heavy (non-hydrogen) atoms. The number of aryl methyl sites for hydroxylation is 1.